The van der Waals surface area contributed by atoms with Crippen LogP contribution in [0.3, 0.4) is 0 Å². The van der Waals surface area contributed by atoms with Crippen LogP contribution in [0.4, 0.5) is 4.79 Å². The van der Waals surface area contributed by atoms with Crippen LogP contribution in [0.25, 0.3) is 0 Å². The monoisotopic (exact) mass is 225 g/mol. The molecule has 4 nitrogen and oxygen atoms in total. The summed E-state index contributed by atoms with van der Waals surface area (Å²) in [4.78, 5) is 8.33. The average Bonchev–Trinajstić information content (AvgIpc) is 0.811. The molecule has 0 rings (SSSR count). The van der Waals surface area contributed by atoms with E-state index in [-0.39, 0.29) is 56.4 Å². The van der Waals surface area contributed by atoms with Gasteiger partial charge in [-0.3, -0.25) is 0 Å². The third kappa shape index (κ3) is 376. The van der Waals surface area contributed by atoms with E-state index in [4.69, 9.17) is 15.0 Å². The van der Waals surface area contributed by atoms with E-state index in [0.717, 1.165) is 0 Å². The summed E-state index contributed by atoms with van der Waals surface area (Å²) in [5.41, 5.74) is 0. The van der Waals surface area contributed by atoms with Crippen molar-refractivity contribution in [1.82, 2.24) is 0 Å². The summed E-state index contributed by atoms with van der Waals surface area (Å²) >= 11 is 0. The van der Waals surface area contributed by atoms with Gasteiger partial charge >= 0.3 is 50.9 Å². The summed E-state index contributed by atoms with van der Waals surface area (Å²) in [6, 6.07) is 0. The zero-order chi connectivity index (χ0) is 3.58. The minimum absolute atomic E-state index is 0. The second-order valence-corrected chi connectivity index (χ2v) is 0.250. The minimum Gasteiger partial charge on any atom is -0.870 e. The number of carboxylic acid groups (broad SMARTS) is 2. The normalized spacial score (nSPS) is 3.00. The van der Waals surface area contributed by atoms with Crippen LogP contribution in [0.15, 0.2) is 0 Å². The molecule has 0 aromatic rings. The molecule has 1 radical (unpaired) electrons. The molecular formula is CHAlCuNiO4+4. The van der Waals surface area contributed by atoms with Crippen LogP contribution in [-0.4, -0.2) is 29.0 Å². The SMILES string of the molecule is O=C([O-])[O-].[Al+3].[Cu+2].[Ni+2].[OH-]. The topological polar surface area (TPSA) is 93.2 Å². The molecule has 0 unspecified atom stereocenters. The summed E-state index contributed by atoms with van der Waals surface area (Å²) < 4.78 is 0. The second kappa shape index (κ2) is 25.0. The van der Waals surface area contributed by atoms with Crippen LogP contribution in [0.2, 0.25) is 0 Å². The Morgan fingerprint density at radius 3 is 1.25 bits per heavy atom. The molecule has 0 aliphatic carbocycles. The predicted octanol–water partition coefficient (Wildman–Crippen LogP) is -3.01. The van der Waals surface area contributed by atoms with Crippen LogP contribution in [0.1, 0.15) is 0 Å². The number of carbonyl (C=O) groups excluding carboxylic acids is 1. The van der Waals surface area contributed by atoms with Gasteiger partial charge in [-0.05, 0) is 6.16 Å². The van der Waals surface area contributed by atoms with Crippen LogP contribution in [0.5, 0.6) is 0 Å². The molecular weight excluding hydrogens is 225 g/mol. The first-order valence-electron chi connectivity index (χ1n) is 0.612. The summed E-state index contributed by atoms with van der Waals surface area (Å²) in [5.74, 6) is 0. The van der Waals surface area contributed by atoms with Crippen LogP contribution >= 0.6 is 0 Å². The van der Waals surface area contributed by atoms with Gasteiger partial charge in [0.15, 0.2) is 0 Å². The van der Waals surface area contributed by atoms with E-state index in [1.165, 1.54) is 0 Å². The maximum Gasteiger partial charge on any atom is 3.00 e. The average molecular weight is 226 g/mol. The maximum absolute atomic E-state index is 8.33. The van der Waals surface area contributed by atoms with Gasteiger partial charge < -0.3 is 20.5 Å². The van der Waals surface area contributed by atoms with Gasteiger partial charge in [0.05, 0.1) is 0 Å². The summed E-state index contributed by atoms with van der Waals surface area (Å²) in [6.07, 6.45) is -2.33. The van der Waals surface area contributed by atoms with Crippen molar-refractivity contribution in [1.29, 1.82) is 0 Å². The van der Waals surface area contributed by atoms with Gasteiger partial charge in [-0.15, -0.1) is 0 Å². The zero-order valence-corrected chi connectivity index (χ0v) is 6.45. The Hall–Kier alpha value is 0.775. The van der Waals surface area contributed by atoms with Crippen molar-refractivity contribution in [2.45, 2.75) is 0 Å². The van der Waals surface area contributed by atoms with E-state index >= 15 is 0 Å². The van der Waals surface area contributed by atoms with E-state index in [1.807, 2.05) is 0 Å². The van der Waals surface area contributed by atoms with Crippen molar-refractivity contribution < 1.29 is 54.0 Å². The molecule has 49 valence electrons. The quantitative estimate of drug-likeness (QED) is 0.411. The summed E-state index contributed by atoms with van der Waals surface area (Å²) in [7, 11) is 0. The van der Waals surface area contributed by atoms with Gasteiger partial charge in [0.2, 0.25) is 0 Å². The van der Waals surface area contributed by atoms with E-state index in [1.54, 1.807) is 0 Å². The smallest absolute Gasteiger partial charge is 0.870 e. The van der Waals surface area contributed by atoms with Gasteiger partial charge in [-0.25, -0.2) is 0 Å². The second-order valence-electron chi connectivity index (χ2n) is 0.250. The van der Waals surface area contributed by atoms with Crippen LogP contribution in [0, 0.1) is 0 Å². The molecule has 0 amide bonds. The first-order chi connectivity index (χ1) is 1.73. The van der Waals surface area contributed by atoms with E-state index in [0.29, 0.717) is 0 Å². The minimum atomic E-state index is -2.33. The molecule has 0 saturated heterocycles. The number of hydrogen-bond donors (Lipinski definition) is 0. The molecule has 8 heavy (non-hydrogen) atoms. The maximum atomic E-state index is 8.33. The molecule has 0 aromatic heterocycles. The van der Waals surface area contributed by atoms with Gasteiger partial charge in [0, 0.05) is 0 Å². The molecule has 0 aliphatic rings. The van der Waals surface area contributed by atoms with E-state index < -0.39 is 6.16 Å². The van der Waals surface area contributed by atoms with Crippen molar-refractivity contribution >= 4 is 23.5 Å². The Kier molecular flexibility index (Phi) is 117. The number of rotatable bonds is 0. The third-order valence-electron chi connectivity index (χ3n) is 0. The summed E-state index contributed by atoms with van der Waals surface area (Å²) in [6.45, 7) is 0. The molecule has 0 aromatic carbocycles. The molecule has 0 saturated carbocycles. The van der Waals surface area contributed by atoms with E-state index in [9.17, 15) is 0 Å². The fraction of sp³-hybridized carbons (Fsp3) is 0. The predicted molar refractivity (Wildman–Crippen MR) is 13.1 cm³/mol. The Morgan fingerprint density at radius 1 is 1.25 bits per heavy atom. The van der Waals surface area contributed by atoms with Crippen LogP contribution in [-0.2, 0) is 33.6 Å². The third-order valence-corrected chi connectivity index (χ3v) is 0. The summed E-state index contributed by atoms with van der Waals surface area (Å²) in [5, 5.41) is 16.7. The van der Waals surface area contributed by atoms with Crippen LogP contribution < -0.4 is 10.2 Å². The molecule has 7 heteroatoms. The van der Waals surface area contributed by atoms with Crippen molar-refractivity contribution in [2.75, 3.05) is 0 Å². The number of hydrogen-bond acceptors (Lipinski definition) is 4. The van der Waals surface area contributed by atoms with Crippen molar-refractivity contribution in [3.8, 4) is 0 Å². The molecule has 0 atom stereocenters. The molecule has 0 fully saturated rings. The van der Waals surface area contributed by atoms with Crippen molar-refractivity contribution in [3.63, 3.8) is 0 Å². The first-order valence-corrected chi connectivity index (χ1v) is 0.612. The zero-order valence-electron chi connectivity index (χ0n) is 3.37. The van der Waals surface area contributed by atoms with Gasteiger partial charge in [-0.1, -0.05) is 0 Å². The van der Waals surface area contributed by atoms with Crippen molar-refractivity contribution in [3.05, 3.63) is 0 Å². The number of carbonyl (C=O) groups is 1. The molecule has 0 spiro atoms. The Bertz CT molecular complexity index is 39.0. The van der Waals surface area contributed by atoms with Gasteiger partial charge in [0.1, 0.15) is 0 Å². The van der Waals surface area contributed by atoms with E-state index in [2.05, 4.69) is 0 Å². The Labute approximate surface area is 77.5 Å². The Morgan fingerprint density at radius 2 is 1.25 bits per heavy atom. The van der Waals surface area contributed by atoms with Crippen molar-refractivity contribution in [2.24, 2.45) is 0 Å². The Balaban J connectivity index is -0.00000000750. The van der Waals surface area contributed by atoms with Gasteiger partial charge in [0.25, 0.3) is 0 Å². The molecule has 0 aliphatic heterocycles. The molecule has 1 N–H and O–H groups in total. The molecule has 0 heterocycles. The first kappa shape index (κ1) is 37.2. The van der Waals surface area contributed by atoms with Gasteiger partial charge in [-0.2, -0.15) is 0 Å². The molecule has 0 bridgehead atoms. The fourth-order valence-corrected chi connectivity index (χ4v) is 0. The fourth-order valence-electron chi connectivity index (χ4n) is 0. The standard InChI is InChI=1S/CH2O3.Al.Cu.Ni.H2O/c2-1(3)4;;;;/h(H2,2,3,4);;;;1H2/q;+3;2*+2;/p-3. The largest absolute Gasteiger partial charge is 3.00 e.